The lowest BCUT2D eigenvalue weighted by molar-refractivity contribution is -0.145. The first-order valence-corrected chi connectivity index (χ1v) is 10.0. The fourth-order valence-corrected chi connectivity index (χ4v) is 3.04. The predicted molar refractivity (Wildman–Crippen MR) is 112 cm³/mol. The van der Waals surface area contributed by atoms with Gasteiger partial charge in [-0.1, -0.05) is 0 Å². The first kappa shape index (κ1) is 24.6. The van der Waals surface area contributed by atoms with Crippen LogP contribution in [0.25, 0.3) is 0 Å². The maximum absolute atomic E-state index is 12.8. The largest absolute Gasteiger partial charge is 0.467 e. The molecule has 1 rings (SSSR count). The third-order valence-electron chi connectivity index (χ3n) is 3.25. The van der Waals surface area contributed by atoms with Gasteiger partial charge in [0.1, 0.15) is 11.2 Å². The highest BCUT2D eigenvalue weighted by atomic mass is 32.2. The van der Waals surface area contributed by atoms with E-state index in [0.29, 0.717) is 10.6 Å². The van der Waals surface area contributed by atoms with Crippen molar-refractivity contribution < 1.29 is 28.6 Å². The van der Waals surface area contributed by atoms with E-state index in [-0.39, 0.29) is 5.75 Å². The Bertz CT molecular complexity index is 694. The van der Waals surface area contributed by atoms with E-state index in [1.54, 1.807) is 65.8 Å². The number of nitrogens with two attached hydrogens (primary N) is 1. The zero-order chi connectivity index (χ0) is 22.4. The van der Waals surface area contributed by atoms with Crippen LogP contribution in [0.5, 0.6) is 0 Å². The van der Waals surface area contributed by atoms with Crippen LogP contribution in [0.3, 0.4) is 0 Å². The maximum Gasteiger partial charge on any atom is 0.420 e. The second-order valence-corrected chi connectivity index (χ2v) is 9.34. The van der Waals surface area contributed by atoms with Crippen LogP contribution < -0.4 is 5.73 Å². The molecule has 0 fully saturated rings. The number of benzene rings is 1. The molecule has 1 aromatic rings. The average Bonchev–Trinajstić information content (AvgIpc) is 2.55. The Morgan fingerprint density at radius 2 is 1.41 bits per heavy atom. The second kappa shape index (κ2) is 9.87. The van der Waals surface area contributed by atoms with Gasteiger partial charge in [-0.2, -0.15) is 4.90 Å². The van der Waals surface area contributed by atoms with Crippen LogP contribution in [-0.4, -0.2) is 53.2 Å². The van der Waals surface area contributed by atoms with Crippen LogP contribution in [0.1, 0.15) is 41.5 Å². The lowest BCUT2D eigenvalue weighted by Gasteiger charge is -2.32. The summed E-state index contributed by atoms with van der Waals surface area (Å²) in [6, 6.07) is 5.75. The van der Waals surface area contributed by atoms with Crippen molar-refractivity contribution in [2.24, 2.45) is 0 Å². The number of imide groups is 1. The highest BCUT2D eigenvalue weighted by Gasteiger charge is 2.41. The summed E-state index contributed by atoms with van der Waals surface area (Å²) in [7, 11) is 1.19. The van der Waals surface area contributed by atoms with Crippen molar-refractivity contribution >= 4 is 35.6 Å². The molecule has 0 aliphatic carbocycles. The first-order valence-electron chi connectivity index (χ1n) is 9.05. The minimum atomic E-state index is -1.24. The molecule has 1 atom stereocenters. The molecule has 0 radical (unpaired) electrons. The molecule has 0 aromatic heterocycles. The molecule has 0 saturated heterocycles. The topological polar surface area (TPSA) is 108 Å². The number of carbonyl (C=O) groups excluding carboxylic acids is 3. The Morgan fingerprint density at radius 3 is 1.79 bits per heavy atom. The Labute approximate surface area is 176 Å². The molecule has 1 unspecified atom stereocenters. The normalized spacial score (nSPS) is 12.7. The van der Waals surface area contributed by atoms with Crippen molar-refractivity contribution in [1.29, 1.82) is 0 Å². The zero-order valence-corrected chi connectivity index (χ0v) is 18.8. The van der Waals surface area contributed by atoms with E-state index >= 15 is 0 Å². The number of esters is 1. The van der Waals surface area contributed by atoms with Crippen LogP contribution in [-0.2, 0) is 19.0 Å². The van der Waals surface area contributed by atoms with Gasteiger partial charge in [0.2, 0.25) is 0 Å². The summed E-state index contributed by atoms with van der Waals surface area (Å²) in [5.41, 5.74) is 4.54. The van der Waals surface area contributed by atoms with Crippen molar-refractivity contribution in [3.8, 4) is 0 Å². The van der Waals surface area contributed by atoms with E-state index in [1.807, 2.05) is 0 Å². The molecule has 0 bridgehead atoms. The third-order valence-corrected chi connectivity index (χ3v) is 4.34. The molecule has 29 heavy (non-hydrogen) atoms. The van der Waals surface area contributed by atoms with Crippen LogP contribution in [0.4, 0.5) is 15.3 Å². The summed E-state index contributed by atoms with van der Waals surface area (Å²) in [6.07, 6.45) is -1.97. The quantitative estimate of drug-likeness (QED) is 0.325. The number of thioether (sulfide) groups is 1. The summed E-state index contributed by atoms with van der Waals surface area (Å²) in [5, 5.41) is 0. The Hall–Kier alpha value is -2.42. The SMILES string of the molecule is COC(=O)C(CSc1ccc(N)cc1)N(C(=O)OC(C)(C)C)C(=O)OC(C)(C)C. The monoisotopic (exact) mass is 426 g/mol. The van der Waals surface area contributed by atoms with Crippen molar-refractivity contribution in [3.05, 3.63) is 24.3 Å². The van der Waals surface area contributed by atoms with Crippen molar-refractivity contribution in [2.75, 3.05) is 18.6 Å². The molecule has 0 saturated carbocycles. The van der Waals surface area contributed by atoms with E-state index in [2.05, 4.69) is 0 Å². The molecule has 2 amide bonds. The van der Waals surface area contributed by atoms with Gasteiger partial charge in [-0.05, 0) is 65.8 Å². The number of hydrogen-bond acceptors (Lipinski definition) is 8. The highest BCUT2D eigenvalue weighted by Crippen LogP contribution is 2.24. The second-order valence-electron chi connectivity index (χ2n) is 8.25. The van der Waals surface area contributed by atoms with Gasteiger partial charge in [0.05, 0.1) is 7.11 Å². The van der Waals surface area contributed by atoms with Crippen LogP contribution in [0.15, 0.2) is 29.2 Å². The number of anilines is 1. The molecule has 0 heterocycles. The average molecular weight is 427 g/mol. The summed E-state index contributed by atoms with van der Waals surface area (Å²) in [6.45, 7) is 9.97. The standard InChI is InChI=1S/C20H30N2O6S/c1-19(2,3)27-17(24)22(18(25)28-20(4,5)6)15(16(23)26-7)12-29-14-10-8-13(21)9-11-14/h8-11,15H,12,21H2,1-7H3. The van der Waals surface area contributed by atoms with Gasteiger partial charge in [0.15, 0.2) is 6.04 Å². The van der Waals surface area contributed by atoms with Crippen molar-refractivity contribution in [3.63, 3.8) is 0 Å². The minimum absolute atomic E-state index is 0.0507. The smallest absolute Gasteiger partial charge is 0.420 e. The number of amides is 2. The first-order chi connectivity index (χ1) is 13.2. The molecular formula is C20H30N2O6S. The van der Waals surface area contributed by atoms with E-state index < -0.39 is 35.4 Å². The number of rotatable bonds is 5. The lowest BCUT2D eigenvalue weighted by atomic mass is 10.2. The number of nitrogens with zero attached hydrogens (tertiary/aromatic N) is 1. The Kier molecular flexibility index (Phi) is 8.37. The van der Waals surface area contributed by atoms with Gasteiger partial charge in [0.25, 0.3) is 0 Å². The van der Waals surface area contributed by atoms with E-state index in [4.69, 9.17) is 19.9 Å². The molecule has 162 valence electrons. The van der Waals surface area contributed by atoms with Crippen LogP contribution in [0, 0.1) is 0 Å². The van der Waals surface area contributed by atoms with Gasteiger partial charge < -0.3 is 19.9 Å². The zero-order valence-electron chi connectivity index (χ0n) is 18.0. The summed E-state index contributed by atoms with van der Waals surface area (Å²) < 4.78 is 15.5. The molecule has 9 heteroatoms. The Balaban J connectivity index is 3.19. The summed E-state index contributed by atoms with van der Waals surface area (Å²) >= 11 is 1.27. The Morgan fingerprint density at radius 1 is 0.966 bits per heavy atom. The van der Waals surface area contributed by atoms with E-state index in [0.717, 1.165) is 4.90 Å². The lowest BCUT2D eigenvalue weighted by Crippen LogP contribution is -2.53. The number of methoxy groups -OCH3 is 1. The molecule has 1 aromatic carbocycles. The molecule has 0 aliphatic heterocycles. The van der Waals surface area contributed by atoms with Gasteiger partial charge in [-0.3, -0.25) is 0 Å². The fraction of sp³-hybridized carbons (Fsp3) is 0.550. The highest BCUT2D eigenvalue weighted by molar-refractivity contribution is 7.99. The van der Waals surface area contributed by atoms with Gasteiger partial charge >= 0.3 is 18.2 Å². The molecule has 2 N–H and O–H groups in total. The number of hydrogen-bond donors (Lipinski definition) is 1. The molecule has 0 aliphatic rings. The van der Waals surface area contributed by atoms with Crippen molar-refractivity contribution in [1.82, 2.24) is 4.90 Å². The number of ether oxygens (including phenoxy) is 3. The number of nitrogen functional groups attached to an aromatic ring is 1. The van der Waals surface area contributed by atoms with Gasteiger partial charge in [-0.25, -0.2) is 14.4 Å². The summed E-state index contributed by atoms with van der Waals surface area (Å²) in [5.74, 6) is -0.709. The third kappa shape index (κ3) is 8.64. The van der Waals surface area contributed by atoms with Crippen LogP contribution in [0.2, 0.25) is 0 Å². The fourth-order valence-electron chi connectivity index (χ4n) is 2.07. The maximum atomic E-state index is 12.8. The predicted octanol–water partition coefficient (Wildman–Crippen LogP) is 4.07. The van der Waals surface area contributed by atoms with Crippen molar-refractivity contribution in [2.45, 2.75) is 63.7 Å². The van der Waals surface area contributed by atoms with E-state index in [1.165, 1.54) is 18.9 Å². The van der Waals surface area contributed by atoms with Gasteiger partial charge in [0, 0.05) is 16.3 Å². The molecule has 0 spiro atoms. The summed E-state index contributed by atoms with van der Waals surface area (Å²) in [4.78, 5) is 39.5. The van der Waals surface area contributed by atoms with Crippen LogP contribution >= 0.6 is 11.8 Å². The number of carbonyl (C=O) groups is 3. The van der Waals surface area contributed by atoms with Gasteiger partial charge in [-0.15, -0.1) is 11.8 Å². The van der Waals surface area contributed by atoms with E-state index in [9.17, 15) is 14.4 Å². The molecular weight excluding hydrogens is 396 g/mol. The minimum Gasteiger partial charge on any atom is -0.467 e. The molecule has 8 nitrogen and oxygen atoms in total.